The van der Waals surface area contributed by atoms with E-state index in [9.17, 15) is 9.59 Å². The molecule has 3 aromatic heterocycles. The number of nitrogens with two attached hydrogens (primary N) is 1. The average molecular weight is 500 g/mol. The Morgan fingerprint density at radius 2 is 1.77 bits per heavy atom. The van der Waals surface area contributed by atoms with Crippen LogP contribution in [0.1, 0.15) is 21.7 Å². The number of anilines is 1. The Morgan fingerprint density at radius 1 is 1.00 bits per heavy atom. The highest BCUT2D eigenvalue weighted by molar-refractivity contribution is 7.18. The van der Waals surface area contributed by atoms with Gasteiger partial charge in [0.2, 0.25) is 5.91 Å². The van der Waals surface area contributed by atoms with E-state index in [1.165, 1.54) is 16.9 Å². The molecule has 0 fully saturated rings. The van der Waals surface area contributed by atoms with Crippen molar-refractivity contribution in [3.8, 4) is 32.3 Å². The summed E-state index contributed by atoms with van der Waals surface area (Å²) in [5, 5.41) is 6.04. The lowest BCUT2D eigenvalue weighted by molar-refractivity contribution is -0.115. The average Bonchev–Trinajstić information content (AvgIpc) is 3.60. The zero-order chi connectivity index (χ0) is 24.4. The van der Waals surface area contributed by atoms with E-state index < -0.39 is 5.91 Å². The Hall–Kier alpha value is -4.08. The number of carbonyl (C=O) groups excluding carboxylic acids is 2. The lowest BCUT2D eigenvalue weighted by Gasteiger charge is -2.04. The van der Waals surface area contributed by atoms with Crippen molar-refractivity contribution >= 4 is 39.6 Å². The number of hydrogen-bond acceptors (Lipinski definition) is 6. The minimum Gasteiger partial charge on any atom is -0.364 e. The number of primary amides is 1. The molecule has 0 aliphatic carbocycles. The van der Waals surface area contributed by atoms with Gasteiger partial charge in [-0.05, 0) is 18.6 Å². The molecule has 0 aliphatic rings. The molecule has 2 amide bonds. The van der Waals surface area contributed by atoms with E-state index in [1.54, 1.807) is 23.6 Å². The zero-order valence-corrected chi connectivity index (χ0v) is 20.4. The van der Waals surface area contributed by atoms with Crippen LogP contribution in [0.2, 0.25) is 0 Å². The van der Waals surface area contributed by atoms with Crippen LogP contribution in [0.5, 0.6) is 0 Å². The fraction of sp³-hybridized carbons (Fsp3) is 0.0769. The van der Waals surface area contributed by atoms with Gasteiger partial charge < -0.3 is 16.0 Å². The molecule has 4 N–H and O–H groups in total. The second-order valence-corrected chi connectivity index (χ2v) is 9.81. The first kappa shape index (κ1) is 22.7. The summed E-state index contributed by atoms with van der Waals surface area (Å²) >= 11 is 2.89. The fourth-order valence-corrected chi connectivity index (χ4v) is 5.40. The zero-order valence-electron chi connectivity index (χ0n) is 18.7. The molecule has 174 valence electrons. The number of amides is 2. The third-order valence-corrected chi connectivity index (χ3v) is 7.31. The van der Waals surface area contributed by atoms with Crippen molar-refractivity contribution < 1.29 is 9.59 Å². The van der Waals surface area contributed by atoms with Crippen molar-refractivity contribution in [3.05, 3.63) is 89.2 Å². The number of thiazole rings is 2. The molecule has 0 aliphatic heterocycles. The number of H-pyrrole nitrogens is 1. The van der Waals surface area contributed by atoms with E-state index in [2.05, 4.69) is 39.6 Å². The van der Waals surface area contributed by atoms with Crippen LogP contribution < -0.4 is 11.1 Å². The number of aromatic nitrogens is 3. The molecule has 0 saturated heterocycles. The van der Waals surface area contributed by atoms with Gasteiger partial charge in [0, 0.05) is 22.7 Å². The van der Waals surface area contributed by atoms with Gasteiger partial charge in [-0.3, -0.25) is 9.59 Å². The minimum absolute atomic E-state index is 0.122. The summed E-state index contributed by atoms with van der Waals surface area (Å²) in [4.78, 5) is 37.4. The van der Waals surface area contributed by atoms with Gasteiger partial charge in [0.15, 0.2) is 5.13 Å². The van der Waals surface area contributed by atoms with Crippen molar-refractivity contribution in [3.63, 3.8) is 0 Å². The van der Waals surface area contributed by atoms with Gasteiger partial charge in [-0.1, -0.05) is 60.2 Å². The Kier molecular flexibility index (Phi) is 6.26. The molecule has 7 nitrogen and oxygen atoms in total. The topological polar surface area (TPSA) is 114 Å². The number of benzene rings is 2. The van der Waals surface area contributed by atoms with Crippen LogP contribution in [0.4, 0.5) is 5.13 Å². The number of nitrogens with zero attached hydrogens (tertiary/aromatic N) is 2. The summed E-state index contributed by atoms with van der Waals surface area (Å²) in [5.74, 6) is -0.737. The smallest absolute Gasteiger partial charge is 0.265 e. The second kappa shape index (κ2) is 9.65. The molecule has 2 aromatic carbocycles. The van der Waals surface area contributed by atoms with Gasteiger partial charge in [-0.2, -0.15) is 0 Å². The third-order valence-electron chi connectivity index (χ3n) is 5.35. The third kappa shape index (κ3) is 5.06. The van der Waals surface area contributed by atoms with E-state index in [0.717, 1.165) is 32.3 Å². The SMILES string of the molecule is Cc1ccc(-c2sc(-c3ccccc3)nc2CC(=O)Nc2nc(-c3c[nH]c(C(N)=O)c3)cs2)cc1. The summed E-state index contributed by atoms with van der Waals surface area (Å²) < 4.78 is 0. The molecule has 9 heteroatoms. The van der Waals surface area contributed by atoms with Crippen LogP contribution in [0.3, 0.4) is 0 Å². The fourth-order valence-electron chi connectivity index (χ4n) is 3.57. The quantitative estimate of drug-likeness (QED) is 0.274. The van der Waals surface area contributed by atoms with Crippen LogP contribution in [0.15, 0.2) is 72.2 Å². The lowest BCUT2D eigenvalue weighted by Crippen LogP contribution is -2.15. The molecule has 35 heavy (non-hydrogen) atoms. The van der Waals surface area contributed by atoms with Crippen molar-refractivity contribution in [1.29, 1.82) is 0 Å². The van der Waals surface area contributed by atoms with Crippen molar-refractivity contribution in [2.24, 2.45) is 5.73 Å². The van der Waals surface area contributed by atoms with Gasteiger partial charge in [0.05, 0.1) is 22.7 Å². The molecule has 0 spiro atoms. The normalized spacial score (nSPS) is 10.9. The maximum atomic E-state index is 13.0. The highest BCUT2D eigenvalue weighted by Gasteiger charge is 2.18. The summed E-state index contributed by atoms with van der Waals surface area (Å²) in [6, 6.07) is 19.8. The van der Waals surface area contributed by atoms with Crippen LogP contribution in [0.25, 0.3) is 32.3 Å². The molecule has 5 rings (SSSR count). The first-order valence-corrected chi connectivity index (χ1v) is 12.5. The highest BCUT2D eigenvalue weighted by atomic mass is 32.1. The van der Waals surface area contributed by atoms with Crippen LogP contribution >= 0.6 is 22.7 Å². The van der Waals surface area contributed by atoms with E-state index in [-0.39, 0.29) is 12.3 Å². The molecular weight excluding hydrogens is 478 g/mol. The van der Waals surface area contributed by atoms with Crippen LogP contribution in [-0.2, 0) is 11.2 Å². The van der Waals surface area contributed by atoms with E-state index in [0.29, 0.717) is 16.5 Å². The maximum Gasteiger partial charge on any atom is 0.265 e. The first-order valence-electron chi connectivity index (χ1n) is 10.8. The Labute approximate surface area is 209 Å². The summed E-state index contributed by atoms with van der Waals surface area (Å²) in [7, 11) is 0. The van der Waals surface area contributed by atoms with Gasteiger partial charge >= 0.3 is 0 Å². The Bertz CT molecular complexity index is 1500. The van der Waals surface area contributed by atoms with Gasteiger partial charge in [-0.15, -0.1) is 22.7 Å². The highest BCUT2D eigenvalue weighted by Crippen LogP contribution is 2.36. The Balaban J connectivity index is 1.37. The second-order valence-electron chi connectivity index (χ2n) is 7.96. The van der Waals surface area contributed by atoms with Crippen molar-refractivity contribution in [1.82, 2.24) is 15.0 Å². The molecule has 3 heterocycles. The molecule has 0 bridgehead atoms. The molecule has 0 radical (unpaired) electrons. The van der Waals surface area contributed by atoms with Gasteiger partial charge in [-0.25, -0.2) is 9.97 Å². The lowest BCUT2D eigenvalue weighted by atomic mass is 10.1. The molecular formula is C26H21N5O2S2. The van der Waals surface area contributed by atoms with E-state index >= 15 is 0 Å². The number of nitrogens with one attached hydrogen (secondary N) is 2. The number of hydrogen-bond donors (Lipinski definition) is 3. The van der Waals surface area contributed by atoms with Crippen molar-refractivity contribution in [2.45, 2.75) is 13.3 Å². The maximum absolute atomic E-state index is 13.0. The largest absolute Gasteiger partial charge is 0.364 e. The molecule has 5 aromatic rings. The summed E-state index contributed by atoms with van der Waals surface area (Å²) in [6.45, 7) is 2.05. The molecule has 0 atom stereocenters. The summed E-state index contributed by atoms with van der Waals surface area (Å²) in [6.07, 6.45) is 1.78. The van der Waals surface area contributed by atoms with Gasteiger partial charge in [0.25, 0.3) is 5.91 Å². The minimum atomic E-state index is -0.539. The van der Waals surface area contributed by atoms with Crippen LogP contribution in [-0.4, -0.2) is 26.8 Å². The molecule has 0 saturated carbocycles. The van der Waals surface area contributed by atoms with Crippen molar-refractivity contribution in [2.75, 3.05) is 5.32 Å². The number of rotatable bonds is 7. The number of aryl methyl sites for hydroxylation is 1. The van der Waals surface area contributed by atoms with E-state index in [4.69, 9.17) is 10.7 Å². The Morgan fingerprint density at radius 3 is 2.49 bits per heavy atom. The van der Waals surface area contributed by atoms with E-state index in [1.807, 2.05) is 42.6 Å². The standard InChI is InChI=1S/C26H21N5O2S2/c1-15-7-9-16(10-8-15)23-19(29-25(35-23)17-5-3-2-4-6-17)12-22(32)31-26-30-21(14-34-26)18-11-20(24(27)33)28-13-18/h2-11,13-14,28H,12H2,1H3,(H2,27,33)(H,30,31,32). The predicted molar refractivity (Wildman–Crippen MR) is 140 cm³/mol. The monoisotopic (exact) mass is 499 g/mol. The van der Waals surface area contributed by atoms with Gasteiger partial charge in [0.1, 0.15) is 10.7 Å². The number of carbonyl (C=O) groups is 2. The summed E-state index contributed by atoms with van der Waals surface area (Å²) in [5.41, 5.74) is 10.9. The molecule has 0 unspecified atom stereocenters. The first-order chi connectivity index (χ1) is 17.0. The predicted octanol–water partition coefficient (Wildman–Crippen LogP) is 5.52. The number of aromatic amines is 1. The van der Waals surface area contributed by atoms with Crippen LogP contribution in [0, 0.1) is 6.92 Å².